The first kappa shape index (κ1) is 19.5. The molecule has 0 saturated carbocycles. The Kier molecular flexibility index (Phi) is 5.22. The van der Waals surface area contributed by atoms with E-state index in [9.17, 15) is 4.79 Å². The Labute approximate surface area is 184 Å². The van der Waals surface area contributed by atoms with Crippen LogP contribution in [0.5, 0.6) is 11.5 Å². The summed E-state index contributed by atoms with van der Waals surface area (Å²) < 4.78 is 5.99. The number of para-hydroxylation sites is 2. The van der Waals surface area contributed by atoms with Crippen molar-refractivity contribution in [1.29, 1.82) is 0 Å². The maximum atomic E-state index is 13.3. The van der Waals surface area contributed by atoms with Crippen molar-refractivity contribution in [2.24, 2.45) is 0 Å². The molecule has 0 aliphatic carbocycles. The highest BCUT2D eigenvalue weighted by Gasteiger charge is 2.32. The topological polar surface area (TPSA) is 64.1 Å². The van der Waals surface area contributed by atoms with Gasteiger partial charge in [-0.25, -0.2) is 0 Å². The Bertz CT molecular complexity index is 1180. The highest BCUT2D eigenvalue weighted by atomic mass is 32.1. The molecule has 2 heterocycles. The predicted molar refractivity (Wildman–Crippen MR) is 122 cm³/mol. The van der Waals surface area contributed by atoms with Crippen LogP contribution < -0.4 is 10.1 Å². The van der Waals surface area contributed by atoms with E-state index in [1.54, 1.807) is 0 Å². The highest BCUT2D eigenvalue weighted by Crippen LogP contribution is 2.44. The first-order chi connectivity index (χ1) is 15.2. The molecule has 154 valence electrons. The molecule has 0 spiro atoms. The van der Waals surface area contributed by atoms with Gasteiger partial charge in [-0.15, -0.1) is 10.2 Å². The first-order valence-corrected chi connectivity index (χ1v) is 11.0. The van der Waals surface area contributed by atoms with Gasteiger partial charge in [0.2, 0.25) is 11.0 Å². The summed E-state index contributed by atoms with van der Waals surface area (Å²) in [4.78, 5) is 13.3. The molecule has 0 saturated heterocycles. The number of nitrogens with one attached hydrogen (secondary N) is 1. The van der Waals surface area contributed by atoms with Gasteiger partial charge in [0.15, 0.2) is 0 Å². The normalized spacial score (nSPS) is 13.6. The molecule has 31 heavy (non-hydrogen) atoms. The Morgan fingerprint density at radius 2 is 1.55 bits per heavy atom. The van der Waals surface area contributed by atoms with Crippen LogP contribution in [0, 0.1) is 0 Å². The van der Waals surface area contributed by atoms with Crippen LogP contribution in [-0.4, -0.2) is 16.1 Å². The Balaban J connectivity index is 1.36. The Hall–Kier alpha value is -3.51. The van der Waals surface area contributed by atoms with E-state index in [4.69, 9.17) is 4.74 Å². The zero-order valence-corrected chi connectivity index (χ0v) is 17.8. The number of nitrogens with zero attached hydrogens (tertiary/aromatic N) is 2. The quantitative estimate of drug-likeness (QED) is 0.440. The average molecular weight is 428 g/mol. The van der Waals surface area contributed by atoms with Gasteiger partial charge in [-0.2, -0.15) is 0 Å². The molecule has 1 aliphatic rings. The van der Waals surface area contributed by atoms with Gasteiger partial charge in [-0.05, 0) is 23.6 Å². The fourth-order valence-corrected chi connectivity index (χ4v) is 4.79. The molecule has 1 unspecified atom stereocenters. The monoisotopic (exact) mass is 427 g/mol. The van der Waals surface area contributed by atoms with E-state index in [0.717, 1.165) is 22.6 Å². The molecule has 3 aromatic carbocycles. The highest BCUT2D eigenvalue weighted by molar-refractivity contribution is 7.15. The summed E-state index contributed by atoms with van der Waals surface area (Å²) in [5.74, 6) is 1.14. The number of rotatable bonds is 5. The van der Waals surface area contributed by atoms with Crippen LogP contribution in [0.2, 0.25) is 0 Å². The molecule has 1 N–H and O–H groups in total. The number of ether oxygens (including phenoxy) is 1. The number of fused-ring (bicyclic) bond motifs is 2. The molecule has 0 radical (unpaired) electrons. The van der Waals surface area contributed by atoms with Crippen LogP contribution >= 0.6 is 11.3 Å². The summed E-state index contributed by atoms with van der Waals surface area (Å²) >= 11 is 1.43. The molecule has 5 nitrogen and oxygen atoms in total. The summed E-state index contributed by atoms with van der Waals surface area (Å²) in [5, 5.41) is 12.9. The third kappa shape index (κ3) is 3.94. The minimum absolute atomic E-state index is 0.137. The van der Waals surface area contributed by atoms with Crippen molar-refractivity contribution in [3.05, 3.63) is 101 Å². The van der Waals surface area contributed by atoms with E-state index in [2.05, 4.69) is 34.6 Å². The number of carbonyl (C=O) groups is 1. The zero-order valence-electron chi connectivity index (χ0n) is 17.0. The van der Waals surface area contributed by atoms with Gasteiger partial charge in [0.05, 0.1) is 5.92 Å². The molecule has 1 aliphatic heterocycles. The van der Waals surface area contributed by atoms with Crippen LogP contribution in [0.25, 0.3) is 0 Å². The van der Waals surface area contributed by atoms with E-state index in [0.29, 0.717) is 22.5 Å². The lowest BCUT2D eigenvalue weighted by Crippen LogP contribution is -2.25. The summed E-state index contributed by atoms with van der Waals surface area (Å²) in [5.41, 5.74) is 2.96. The Morgan fingerprint density at radius 3 is 2.23 bits per heavy atom. The minimum Gasteiger partial charge on any atom is -0.457 e. The maximum Gasteiger partial charge on any atom is 0.238 e. The van der Waals surface area contributed by atoms with Gasteiger partial charge in [0, 0.05) is 17.5 Å². The third-order valence-corrected chi connectivity index (χ3v) is 6.35. The van der Waals surface area contributed by atoms with Crippen LogP contribution in [0.3, 0.4) is 0 Å². The van der Waals surface area contributed by atoms with Crippen molar-refractivity contribution < 1.29 is 9.53 Å². The molecular weight excluding hydrogens is 406 g/mol. The van der Waals surface area contributed by atoms with Crippen molar-refractivity contribution in [1.82, 2.24) is 10.2 Å². The number of amides is 1. The number of hydrogen-bond donors (Lipinski definition) is 1. The second kappa shape index (κ2) is 8.32. The summed E-state index contributed by atoms with van der Waals surface area (Å²) in [6, 6.07) is 25.6. The second-order valence-electron chi connectivity index (χ2n) is 7.62. The molecule has 0 fully saturated rings. The van der Waals surface area contributed by atoms with Crippen LogP contribution in [0.15, 0.2) is 78.9 Å². The van der Waals surface area contributed by atoms with Crippen molar-refractivity contribution in [2.75, 3.05) is 5.32 Å². The minimum atomic E-state index is -0.461. The molecule has 1 aromatic heterocycles. The van der Waals surface area contributed by atoms with E-state index >= 15 is 0 Å². The van der Waals surface area contributed by atoms with Crippen molar-refractivity contribution in [2.45, 2.75) is 25.2 Å². The van der Waals surface area contributed by atoms with Crippen molar-refractivity contribution in [3.8, 4) is 11.5 Å². The van der Waals surface area contributed by atoms with Crippen molar-refractivity contribution >= 4 is 22.4 Å². The van der Waals surface area contributed by atoms with Gasteiger partial charge in [0.1, 0.15) is 16.5 Å². The maximum absolute atomic E-state index is 13.3. The number of hydrogen-bond acceptors (Lipinski definition) is 5. The lowest BCUT2D eigenvalue weighted by molar-refractivity contribution is -0.116. The fourth-order valence-electron chi connectivity index (χ4n) is 3.92. The number of benzene rings is 3. The number of aromatic nitrogens is 2. The number of anilines is 1. The molecule has 1 amide bonds. The van der Waals surface area contributed by atoms with E-state index in [-0.39, 0.29) is 5.91 Å². The van der Waals surface area contributed by atoms with Gasteiger partial charge in [-0.3, -0.25) is 10.1 Å². The standard InChI is InChI=1S/C25H21N3O2S/c1-16(17-9-3-2-4-10-17)15-22-27-28-25(31-22)26-24(29)23-18-11-5-7-13-20(18)30-21-14-8-6-12-19(21)23/h2-14,16,23H,15H2,1H3,(H,26,28,29). The molecule has 4 aromatic rings. The van der Waals surface area contributed by atoms with E-state index < -0.39 is 5.92 Å². The first-order valence-electron chi connectivity index (χ1n) is 10.2. The van der Waals surface area contributed by atoms with Crippen LogP contribution in [0.1, 0.15) is 40.5 Å². The lowest BCUT2D eigenvalue weighted by Gasteiger charge is -2.27. The molecule has 0 bridgehead atoms. The lowest BCUT2D eigenvalue weighted by atomic mass is 9.87. The van der Waals surface area contributed by atoms with Gasteiger partial charge < -0.3 is 4.74 Å². The Morgan fingerprint density at radius 1 is 0.935 bits per heavy atom. The molecular formula is C25H21N3O2S. The van der Waals surface area contributed by atoms with Gasteiger partial charge in [0.25, 0.3) is 0 Å². The zero-order chi connectivity index (χ0) is 21.2. The fraction of sp³-hybridized carbons (Fsp3) is 0.160. The SMILES string of the molecule is CC(Cc1nnc(NC(=O)C2c3ccccc3Oc3ccccc32)s1)c1ccccc1. The van der Waals surface area contributed by atoms with Gasteiger partial charge in [-0.1, -0.05) is 85.0 Å². The summed E-state index contributed by atoms with van der Waals surface area (Å²) in [7, 11) is 0. The van der Waals surface area contributed by atoms with Gasteiger partial charge >= 0.3 is 0 Å². The molecule has 1 atom stereocenters. The third-order valence-electron chi connectivity index (χ3n) is 5.49. The van der Waals surface area contributed by atoms with Crippen molar-refractivity contribution in [3.63, 3.8) is 0 Å². The second-order valence-corrected chi connectivity index (χ2v) is 8.68. The average Bonchev–Trinajstić information content (AvgIpc) is 3.24. The summed E-state index contributed by atoms with van der Waals surface area (Å²) in [6.45, 7) is 2.17. The van der Waals surface area contributed by atoms with Crippen LogP contribution in [-0.2, 0) is 11.2 Å². The van der Waals surface area contributed by atoms with E-state index in [1.807, 2.05) is 66.7 Å². The largest absolute Gasteiger partial charge is 0.457 e. The van der Waals surface area contributed by atoms with Crippen LogP contribution in [0.4, 0.5) is 5.13 Å². The summed E-state index contributed by atoms with van der Waals surface area (Å²) in [6.07, 6.45) is 0.778. The van der Waals surface area contributed by atoms with E-state index in [1.165, 1.54) is 16.9 Å². The number of carbonyl (C=O) groups excluding carboxylic acids is 1. The molecule has 6 heteroatoms. The smallest absolute Gasteiger partial charge is 0.238 e. The predicted octanol–water partition coefficient (Wildman–Crippen LogP) is 5.76. The molecule has 5 rings (SSSR count).